The SMILES string of the molecule is Cc1ccccc1-n1c(C)cc(/C=C(\C#N)C(=O)NC2CCCCC2)c1C. The number of rotatable bonds is 4. The van der Waals surface area contributed by atoms with Gasteiger partial charge in [-0.2, -0.15) is 5.26 Å². The molecule has 1 heterocycles. The monoisotopic (exact) mass is 361 g/mol. The third-order valence-electron chi connectivity index (χ3n) is 5.43. The van der Waals surface area contributed by atoms with Crippen LogP contribution in [0, 0.1) is 32.1 Å². The summed E-state index contributed by atoms with van der Waals surface area (Å²) in [7, 11) is 0. The molecule has 0 unspecified atom stereocenters. The minimum atomic E-state index is -0.259. The Balaban J connectivity index is 1.89. The number of amides is 1. The third kappa shape index (κ3) is 4.14. The van der Waals surface area contributed by atoms with E-state index in [1.54, 1.807) is 6.08 Å². The number of nitrogens with one attached hydrogen (secondary N) is 1. The molecule has 0 atom stereocenters. The van der Waals surface area contributed by atoms with Crippen molar-refractivity contribution >= 4 is 12.0 Å². The highest BCUT2D eigenvalue weighted by molar-refractivity contribution is 6.02. The molecule has 2 aromatic rings. The number of hydrogen-bond acceptors (Lipinski definition) is 2. The van der Waals surface area contributed by atoms with Gasteiger partial charge in [-0.15, -0.1) is 0 Å². The minimum Gasteiger partial charge on any atom is -0.349 e. The Morgan fingerprint density at radius 3 is 2.56 bits per heavy atom. The van der Waals surface area contributed by atoms with Crippen molar-refractivity contribution in [2.75, 3.05) is 0 Å². The van der Waals surface area contributed by atoms with Crippen LogP contribution < -0.4 is 5.32 Å². The third-order valence-corrected chi connectivity index (χ3v) is 5.43. The molecule has 4 nitrogen and oxygen atoms in total. The predicted molar refractivity (Wildman–Crippen MR) is 109 cm³/mol. The van der Waals surface area contributed by atoms with Crippen molar-refractivity contribution in [1.82, 2.24) is 9.88 Å². The Morgan fingerprint density at radius 1 is 1.19 bits per heavy atom. The van der Waals surface area contributed by atoms with E-state index in [9.17, 15) is 10.1 Å². The van der Waals surface area contributed by atoms with Crippen LogP contribution >= 0.6 is 0 Å². The minimum absolute atomic E-state index is 0.172. The molecule has 1 saturated carbocycles. The highest BCUT2D eigenvalue weighted by Crippen LogP contribution is 2.25. The van der Waals surface area contributed by atoms with E-state index >= 15 is 0 Å². The number of aryl methyl sites for hydroxylation is 2. The van der Waals surface area contributed by atoms with Gasteiger partial charge in [-0.3, -0.25) is 4.79 Å². The zero-order valence-electron chi connectivity index (χ0n) is 16.4. The van der Waals surface area contributed by atoms with Crippen molar-refractivity contribution in [3.05, 3.63) is 58.4 Å². The molecule has 0 radical (unpaired) electrons. The van der Waals surface area contributed by atoms with Crippen molar-refractivity contribution in [3.8, 4) is 11.8 Å². The lowest BCUT2D eigenvalue weighted by Gasteiger charge is -2.22. The van der Waals surface area contributed by atoms with Gasteiger partial charge >= 0.3 is 0 Å². The molecule has 3 rings (SSSR count). The normalized spacial score (nSPS) is 15.4. The largest absolute Gasteiger partial charge is 0.349 e. The lowest BCUT2D eigenvalue weighted by Crippen LogP contribution is -2.36. The van der Waals surface area contributed by atoms with E-state index < -0.39 is 0 Å². The number of para-hydroxylation sites is 1. The van der Waals surface area contributed by atoms with E-state index in [2.05, 4.69) is 35.0 Å². The summed E-state index contributed by atoms with van der Waals surface area (Å²) in [5, 5.41) is 12.6. The molecule has 27 heavy (non-hydrogen) atoms. The quantitative estimate of drug-likeness (QED) is 0.630. The summed E-state index contributed by atoms with van der Waals surface area (Å²) in [6, 6.07) is 12.5. The van der Waals surface area contributed by atoms with Gasteiger partial charge in [0.25, 0.3) is 5.91 Å². The fraction of sp³-hybridized carbons (Fsp3) is 0.391. The molecule has 1 aromatic heterocycles. The van der Waals surface area contributed by atoms with Gasteiger partial charge in [-0.1, -0.05) is 37.5 Å². The summed E-state index contributed by atoms with van der Waals surface area (Å²) >= 11 is 0. The van der Waals surface area contributed by atoms with Crippen LogP contribution in [0.3, 0.4) is 0 Å². The van der Waals surface area contributed by atoms with Gasteiger partial charge < -0.3 is 9.88 Å². The number of hydrogen-bond donors (Lipinski definition) is 1. The molecule has 4 heteroatoms. The van der Waals surface area contributed by atoms with E-state index in [0.717, 1.165) is 48.3 Å². The molecule has 1 N–H and O–H groups in total. The van der Waals surface area contributed by atoms with E-state index in [1.165, 1.54) is 12.0 Å². The first kappa shape index (κ1) is 19.0. The molecule has 140 valence electrons. The maximum absolute atomic E-state index is 12.6. The summed E-state index contributed by atoms with van der Waals surface area (Å²) in [4.78, 5) is 12.6. The fourth-order valence-electron chi connectivity index (χ4n) is 3.93. The average molecular weight is 361 g/mol. The van der Waals surface area contributed by atoms with Crippen molar-refractivity contribution in [2.24, 2.45) is 0 Å². The van der Waals surface area contributed by atoms with Gasteiger partial charge in [0.2, 0.25) is 0 Å². The first-order valence-electron chi connectivity index (χ1n) is 9.69. The molecular formula is C23H27N3O. The highest BCUT2D eigenvalue weighted by atomic mass is 16.1. The van der Waals surface area contributed by atoms with E-state index in [1.807, 2.05) is 32.0 Å². The number of carbonyl (C=O) groups excluding carboxylic acids is 1. The fourth-order valence-corrected chi connectivity index (χ4v) is 3.93. The van der Waals surface area contributed by atoms with Gasteiger partial charge in [0.1, 0.15) is 11.6 Å². The van der Waals surface area contributed by atoms with Crippen molar-refractivity contribution in [2.45, 2.75) is 58.9 Å². The molecule has 1 aliphatic rings. The van der Waals surface area contributed by atoms with Crippen LogP contribution in [0.1, 0.15) is 54.6 Å². The molecule has 1 amide bonds. The Bertz CT molecular complexity index is 908. The van der Waals surface area contributed by atoms with Gasteiger partial charge in [0.05, 0.1) is 0 Å². The molecule has 0 spiro atoms. The summed E-state index contributed by atoms with van der Waals surface area (Å²) in [5.74, 6) is -0.259. The van der Waals surface area contributed by atoms with Crippen LogP contribution in [-0.2, 0) is 4.79 Å². The zero-order chi connectivity index (χ0) is 19.4. The average Bonchev–Trinajstić information content (AvgIpc) is 2.94. The maximum atomic E-state index is 12.6. The van der Waals surface area contributed by atoms with Crippen molar-refractivity contribution in [1.29, 1.82) is 5.26 Å². The van der Waals surface area contributed by atoms with Crippen molar-refractivity contribution < 1.29 is 4.79 Å². The molecule has 0 saturated heterocycles. The predicted octanol–water partition coefficient (Wildman–Crippen LogP) is 4.76. The second-order valence-corrected chi connectivity index (χ2v) is 7.43. The zero-order valence-corrected chi connectivity index (χ0v) is 16.4. The molecule has 1 aromatic carbocycles. The Morgan fingerprint density at radius 2 is 1.89 bits per heavy atom. The smallest absolute Gasteiger partial charge is 0.262 e. The molecular weight excluding hydrogens is 334 g/mol. The molecule has 0 bridgehead atoms. The van der Waals surface area contributed by atoms with Crippen LogP contribution in [0.5, 0.6) is 0 Å². The number of aromatic nitrogens is 1. The first-order chi connectivity index (χ1) is 13.0. The first-order valence-corrected chi connectivity index (χ1v) is 9.69. The summed E-state index contributed by atoms with van der Waals surface area (Å²) in [6.07, 6.45) is 7.26. The Labute approximate surface area is 161 Å². The van der Waals surface area contributed by atoms with Crippen LogP contribution in [0.15, 0.2) is 35.9 Å². The van der Waals surface area contributed by atoms with Crippen LogP contribution in [0.2, 0.25) is 0 Å². The van der Waals surface area contributed by atoms with Crippen LogP contribution in [0.25, 0.3) is 11.8 Å². The number of nitriles is 1. The number of nitrogens with zero attached hydrogens (tertiary/aromatic N) is 2. The lowest BCUT2D eigenvalue weighted by molar-refractivity contribution is -0.117. The summed E-state index contributed by atoms with van der Waals surface area (Å²) in [6.45, 7) is 6.16. The second kappa shape index (κ2) is 8.26. The standard InChI is InChI=1S/C23H27N3O/c1-16-9-7-8-12-22(16)26-17(2)13-19(18(26)3)14-20(15-24)23(27)25-21-10-5-4-6-11-21/h7-9,12-14,21H,4-6,10-11H2,1-3H3,(H,25,27)/b20-14+. The van der Waals surface area contributed by atoms with Crippen LogP contribution in [0.4, 0.5) is 0 Å². The number of carbonyl (C=O) groups is 1. The second-order valence-electron chi connectivity index (χ2n) is 7.43. The molecule has 1 aliphatic carbocycles. The molecule has 0 aliphatic heterocycles. The topological polar surface area (TPSA) is 57.8 Å². The van der Waals surface area contributed by atoms with Gasteiger partial charge in [-0.05, 0) is 62.9 Å². The van der Waals surface area contributed by atoms with Crippen molar-refractivity contribution in [3.63, 3.8) is 0 Å². The Kier molecular flexibility index (Phi) is 5.81. The van der Waals surface area contributed by atoms with E-state index in [4.69, 9.17) is 0 Å². The lowest BCUT2D eigenvalue weighted by atomic mass is 9.95. The Hall–Kier alpha value is -2.80. The van der Waals surface area contributed by atoms with E-state index in [0.29, 0.717) is 0 Å². The number of benzene rings is 1. The maximum Gasteiger partial charge on any atom is 0.262 e. The van der Waals surface area contributed by atoms with Gasteiger partial charge in [-0.25, -0.2) is 0 Å². The van der Waals surface area contributed by atoms with Crippen LogP contribution in [-0.4, -0.2) is 16.5 Å². The summed E-state index contributed by atoms with van der Waals surface area (Å²) < 4.78 is 2.18. The summed E-state index contributed by atoms with van der Waals surface area (Å²) in [5.41, 5.74) is 5.50. The van der Waals surface area contributed by atoms with E-state index in [-0.39, 0.29) is 17.5 Å². The molecule has 1 fully saturated rings. The highest BCUT2D eigenvalue weighted by Gasteiger charge is 2.19. The van der Waals surface area contributed by atoms with Gasteiger partial charge in [0.15, 0.2) is 0 Å². The van der Waals surface area contributed by atoms with Gasteiger partial charge in [0, 0.05) is 23.1 Å².